The second-order valence-corrected chi connectivity index (χ2v) is 4.84. The van der Waals surface area contributed by atoms with E-state index in [0.29, 0.717) is 0 Å². The van der Waals surface area contributed by atoms with E-state index in [1.54, 1.807) is 0 Å². The number of carboxylic acid groups (broad SMARTS) is 1. The second-order valence-electron chi connectivity index (χ2n) is 3.68. The first-order valence-electron chi connectivity index (χ1n) is 5.63. The lowest BCUT2D eigenvalue weighted by Gasteiger charge is -2.08. The van der Waals surface area contributed by atoms with Crippen molar-refractivity contribution in [1.29, 1.82) is 0 Å². The minimum atomic E-state index is -4.34. The third kappa shape index (κ3) is 6.80. The lowest BCUT2D eigenvalue weighted by Crippen LogP contribution is -2.27. The van der Waals surface area contributed by atoms with Crippen LogP contribution in [0, 0.1) is 0 Å². The van der Waals surface area contributed by atoms with Gasteiger partial charge in [-0.1, -0.05) is 0 Å². The van der Waals surface area contributed by atoms with Crippen LogP contribution in [-0.4, -0.2) is 39.8 Å². The first kappa shape index (κ1) is 17.0. The number of hydrogen-bond acceptors (Lipinski definition) is 4. The molecular formula is C12H11F3N2O3S. The number of nitrogens with zero attached hydrogens (tertiary/aromatic N) is 1. The predicted molar refractivity (Wildman–Crippen MR) is 71.8 cm³/mol. The summed E-state index contributed by atoms with van der Waals surface area (Å²) in [6.07, 6.45) is 4.65. The molecule has 0 unspecified atom stereocenters. The summed E-state index contributed by atoms with van der Waals surface area (Å²) in [7, 11) is 0. The van der Waals surface area contributed by atoms with Gasteiger partial charge in [-0.05, 0) is 23.9 Å². The number of carboxylic acids is 1. The van der Waals surface area contributed by atoms with Crippen LogP contribution in [-0.2, 0) is 4.79 Å². The Balaban J connectivity index is 2.64. The van der Waals surface area contributed by atoms with Gasteiger partial charge in [0.1, 0.15) is 0 Å². The zero-order chi connectivity index (χ0) is 15.9. The number of nitrogens with one attached hydrogen (secondary N) is 1. The standard InChI is InChI=1S/C12H11F3N2O3S/c13-12(14,15)21-6-5-17-11(20)9-3-4-16-7-8(9)1-2-10(18)19/h1-4,7H,5-6H2,(H,17,20)(H,18,19)/b2-1+. The number of carbonyl (C=O) groups is 2. The smallest absolute Gasteiger partial charge is 0.441 e. The van der Waals surface area contributed by atoms with Crippen LogP contribution in [0.25, 0.3) is 6.08 Å². The summed E-state index contributed by atoms with van der Waals surface area (Å²) in [5.74, 6) is -2.09. The number of carbonyl (C=O) groups excluding carboxylic acids is 1. The molecule has 9 heteroatoms. The van der Waals surface area contributed by atoms with Gasteiger partial charge >= 0.3 is 11.5 Å². The van der Waals surface area contributed by atoms with Gasteiger partial charge in [-0.15, -0.1) is 0 Å². The van der Waals surface area contributed by atoms with Crippen LogP contribution in [0.15, 0.2) is 24.5 Å². The fraction of sp³-hybridized carbons (Fsp3) is 0.250. The highest BCUT2D eigenvalue weighted by atomic mass is 32.2. The quantitative estimate of drug-likeness (QED) is 0.620. The second kappa shape index (κ2) is 7.67. The summed E-state index contributed by atoms with van der Waals surface area (Å²) in [5.41, 5.74) is -3.93. The van der Waals surface area contributed by atoms with Crippen LogP contribution < -0.4 is 5.32 Å². The number of aliphatic carboxylic acids is 1. The normalized spacial score (nSPS) is 11.6. The van der Waals surface area contributed by atoms with Crippen LogP contribution in [0.5, 0.6) is 0 Å². The van der Waals surface area contributed by atoms with Gasteiger partial charge in [0.05, 0.1) is 0 Å². The topological polar surface area (TPSA) is 79.3 Å². The Morgan fingerprint density at radius 2 is 2.14 bits per heavy atom. The Hall–Kier alpha value is -2.03. The number of halogens is 3. The van der Waals surface area contributed by atoms with E-state index in [-0.39, 0.29) is 35.2 Å². The maximum atomic E-state index is 11.9. The molecule has 0 aliphatic heterocycles. The SMILES string of the molecule is O=C(O)/C=C/c1cnccc1C(=O)NCCSC(F)(F)F. The average Bonchev–Trinajstić information content (AvgIpc) is 2.40. The molecule has 114 valence electrons. The first-order chi connectivity index (χ1) is 9.79. The molecule has 1 aromatic rings. The van der Waals surface area contributed by atoms with E-state index in [2.05, 4.69) is 10.3 Å². The number of alkyl halides is 3. The summed E-state index contributed by atoms with van der Waals surface area (Å²) >= 11 is -0.230. The fourth-order valence-corrected chi connectivity index (χ4v) is 1.77. The van der Waals surface area contributed by atoms with E-state index in [1.165, 1.54) is 24.5 Å². The molecule has 1 rings (SSSR count). The fourth-order valence-electron chi connectivity index (χ4n) is 1.33. The maximum absolute atomic E-state index is 11.9. The Labute approximate surface area is 122 Å². The van der Waals surface area contributed by atoms with Gasteiger partial charge in [-0.25, -0.2) is 4.79 Å². The van der Waals surface area contributed by atoms with Crippen molar-refractivity contribution in [3.05, 3.63) is 35.7 Å². The third-order valence-electron chi connectivity index (χ3n) is 2.16. The molecular weight excluding hydrogens is 309 g/mol. The minimum Gasteiger partial charge on any atom is -0.478 e. The van der Waals surface area contributed by atoms with E-state index in [1.807, 2.05) is 0 Å². The number of rotatable bonds is 6. The van der Waals surface area contributed by atoms with Gasteiger partial charge < -0.3 is 10.4 Å². The molecule has 0 atom stereocenters. The minimum absolute atomic E-state index is 0.138. The highest BCUT2D eigenvalue weighted by molar-refractivity contribution is 8.00. The zero-order valence-corrected chi connectivity index (χ0v) is 11.4. The van der Waals surface area contributed by atoms with E-state index < -0.39 is 17.4 Å². The summed E-state index contributed by atoms with van der Waals surface area (Å²) < 4.78 is 35.8. The Morgan fingerprint density at radius 1 is 1.43 bits per heavy atom. The molecule has 0 bridgehead atoms. The summed E-state index contributed by atoms with van der Waals surface area (Å²) in [4.78, 5) is 26.0. The molecule has 2 N–H and O–H groups in total. The van der Waals surface area contributed by atoms with Crippen molar-refractivity contribution in [3.8, 4) is 0 Å². The molecule has 21 heavy (non-hydrogen) atoms. The molecule has 0 saturated carbocycles. The molecule has 1 aromatic heterocycles. The number of aromatic nitrogens is 1. The Bertz CT molecular complexity index is 547. The first-order valence-corrected chi connectivity index (χ1v) is 6.62. The van der Waals surface area contributed by atoms with Crippen molar-refractivity contribution in [1.82, 2.24) is 10.3 Å². The monoisotopic (exact) mass is 320 g/mol. The van der Waals surface area contributed by atoms with Crippen molar-refractivity contribution in [2.75, 3.05) is 12.3 Å². The molecule has 0 spiro atoms. The molecule has 1 heterocycles. The van der Waals surface area contributed by atoms with Crippen molar-refractivity contribution in [2.24, 2.45) is 0 Å². The van der Waals surface area contributed by atoms with Crippen molar-refractivity contribution >= 4 is 29.7 Å². The molecule has 0 radical (unpaired) electrons. The van der Waals surface area contributed by atoms with Crippen LogP contribution >= 0.6 is 11.8 Å². The Morgan fingerprint density at radius 3 is 2.76 bits per heavy atom. The van der Waals surface area contributed by atoms with E-state index in [0.717, 1.165) is 6.08 Å². The highest BCUT2D eigenvalue weighted by Gasteiger charge is 2.27. The largest absolute Gasteiger partial charge is 0.478 e. The molecule has 0 aromatic carbocycles. The summed E-state index contributed by atoms with van der Waals surface area (Å²) in [5, 5.41) is 10.9. The van der Waals surface area contributed by atoms with Crippen molar-refractivity contribution in [3.63, 3.8) is 0 Å². The number of thioether (sulfide) groups is 1. The molecule has 1 amide bonds. The number of pyridine rings is 1. The molecule has 0 fully saturated rings. The number of hydrogen-bond donors (Lipinski definition) is 2. The highest BCUT2D eigenvalue weighted by Crippen LogP contribution is 2.29. The van der Waals surface area contributed by atoms with Gasteiger partial charge in [0.2, 0.25) is 0 Å². The lowest BCUT2D eigenvalue weighted by atomic mass is 10.1. The van der Waals surface area contributed by atoms with Crippen LogP contribution in [0.3, 0.4) is 0 Å². The van der Waals surface area contributed by atoms with E-state index in [4.69, 9.17) is 5.11 Å². The van der Waals surface area contributed by atoms with Crippen LogP contribution in [0.1, 0.15) is 15.9 Å². The third-order valence-corrected chi connectivity index (χ3v) is 2.89. The van der Waals surface area contributed by atoms with Gasteiger partial charge in [0, 0.05) is 41.9 Å². The zero-order valence-electron chi connectivity index (χ0n) is 10.6. The van der Waals surface area contributed by atoms with E-state index in [9.17, 15) is 22.8 Å². The lowest BCUT2D eigenvalue weighted by molar-refractivity contribution is -0.131. The maximum Gasteiger partial charge on any atom is 0.441 e. The Kier molecular flexibility index (Phi) is 6.22. The molecule has 0 aliphatic carbocycles. The van der Waals surface area contributed by atoms with Crippen molar-refractivity contribution in [2.45, 2.75) is 5.51 Å². The van der Waals surface area contributed by atoms with E-state index >= 15 is 0 Å². The van der Waals surface area contributed by atoms with Gasteiger partial charge in [0.15, 0.2) is 0 Å². The van der Waals surface area contributed by atoms with Gasteiger partial charge in [-0.3, -0.25) is 9.78 Å². The molecule has 5 nitrogen and oxygen atoms in total. The number of amides is 1. The van der Waals surface area contributed by atoms with Gasteiger partial charge in [-0.2, -0.15) is 13.2 Å². The summed E-state index contributed by atoms with van der Waals surface area (Å²) in [6.45, 7) is -0.159. The predicted octanol–water partition coefficient (Wildman–Crippen LogP) is 2.16. The molecule has 0 saturated heterocycles. The van der Waals surface area contributed by atoms with Crippen LogP contribution in [0.2, 0.25) is 0 Å². The van der Waals surface area contributed by atoms with Crippen LogP contribution in [0.4, 0.5) is 13.2 Å². The van der Waals surface area contributed by atoms with Crippen molar-refractivity contribution < 1.29 is 27.9 Å². The summed E-state index contributed by atoms with van der Waals surface area (Å²) in [6, 6.07) is 1.35. The molecule has 0 aliphatic rings. The average molecular weight is 320 g/mol. The van der Waals surface area contributed by atoms with Gasteiger partial charge in [0.25, 0.3) is 5.91 Å².